The molecule has 0 fully saturated rings. The maximum absolute atomic E-state index is 12.7. The van der Waals surface area contributed by atoms with Gasteiger partial charge in [-0.1, -0.05) is 23.7 Å². The number of carbonyl (C=O) groups excluding carboxylic acids is 1. The summed E-state index contributed by atoms with van der Waals surface area (Å²) < 4.78 is 5.16. The van der Waals surface area contributed by atoms with Gasteiger partial charge >= 0.3 is 6.03 Å². The van der Waals surface area contributed by atoms with Crippen LogP contribution in [0.2, 0.25) is 5.02 Å². The number of methoxy groups -OCH3 is 1. The van der Waals surface area contributed by atoms with Gasteiger partial charge in [-0.05, 0) is 54.8 Å². The van der Waals surface area contributed by atoms with E-state index < -0.39 is 0 Å². The second-order valence-electron chi connectivity index (χ2n) is 6.53. The third-order valence-corrected chi connectivity index (χ3v) is 4.80. The summed E-state index contributed by atoms with van der Waals surface area (Å²) in [5.41, 5.74) is 3.00. The summed E-state index contributed by atoms with van der Waals surface area (Å²) in [6.07, 6.45) is 1.76. The molecular weight excluding hydrogens is 376 g/mol. The molecule has 0 radical (unpaired) electrons. The number of halogens is 1. The molecule has 1 N–H and O–H groups in total. The predicted octanol–water partition coefficient (Wildman–Crippen LogP) is 4.51. The van der Waals surface area contributed by atoms with Crippen molar-refractivity contribution in [3.8, 4) is 6.07 Å². The van der Waals surface area contributed by atoms with Gasteiger partial charge in [0.05, 0.1) is 23.9 Å². The summed E-state index contributed by atoms with van der Waals surface area (Å²) in [5, 5.41) is 18.4. The van der Waals surface area contributed by atoms with Crippen molar-refractivity contribution in [3.63, 3.8) is 0 Å². The highest BCUT2D eigenvalue weighted by Gasteiger charge is 2.30. The van der Waals surface area contributed by atoms with E-state index in [1.807, 2.05) is 24.3 Å². The van der Waals surface area contributed by atoms with Gasteiger partial charge in [0.25, 0.3) is 0 Å². The Bertz CT molecular complexity index is 888. The van der Waals surface area contributed by atoms with Crippen molar-refractivity contribution in [1.29, 1.82) is 5.26 Å². The molecule has 2 amide bonds. The molecule has 0 aliphatic carbocycles. The Hall–Kier alpha value is -2.88. The first kappa shape index (κ1) is 19.9. The van der Waals surface area contributed by atoms with Crippen LogP contribution in [0.15, 0.2) is 53.6 Å². The quantitative estimate of drug-likeness (QED) is 0.730. The molecule has 1 heterocycles. The molecule has 6 nitrogen and oxygen atoms in total. The van der Waals surface area contributed by atoms with E-state index in [0.29, 0.717) is 29.4 Å². The van der Waals surface area contributed by atoms with E-state index in [1.54, 1.807) is 31.4 Å². The largest absolute Gasteiger partial charge is 0.385 e. The Morgan fingerprint density at radius 2 is 2.00 bits per heavy atom. The highest BCUT2D eigenvalue weighted by molar-refractivity contribution is 6.30. The number of nitrogens with one attached hydrogen (secondary N) is 1. The molecule has 2 aromatic rings. The molecule has 144 valence electrons. The molecule has 7 heteroatoms. The predicted molar refractivity (Wildman–Crippen MR) is 109 cm³/mol. The van der Waals surface area contributed by atoms with Crippen LogP contribution in [-0.2, 0) is 4.74 Å². The van der Waals surface area contributed by atoms with Crippen LogP contribution in [-0.4, -0.2) is 37.0 Å². The van der Waals surface area contributed by atoms with Gasteiger partial charge in [0, 0.05) is 30.3 Å². The number of nitriles is 1. The molecular formula is C21H21ClN4O2. The minimum Gasteiger partial charge on any atom is -0.385 e. The van der Waals surface area contributed by atoms with Crippen LogP contribution in [0, 0.1) is 17.2 Å². The molecule has 2 aromatic carbocycles. The number of rotatable bonds is 6. The average molecular weight is 397 g/mol. The Balaban J connectivity index is 1.75. The molecule has 0 saturated carbocycles. The third kappa shape index (κ3) is 4.89. The molecule has 1 aliphatic heterocycles. The summed E-state index contributed by atoms with van der Waals surface area (Å²) in [7, 11) is 1.68. The number of hydrogen-bond acceptors (Lipinski definition) is 4. The standard InChI is InChI=1S/C21H21ClN4O2/c1-28-12-2-3-17-14-26(25-20(17)16-6-8-18(22)9-7-16)21(27)24-19-10-4-15(13-23)5-11-19/h4-11,17H,2-3,12,14H2,1H3,(H,24,27). The Morgan fingerprint density at radius 3 is 2.64 bits per heavy atom. The van der Waals surface area contributed by atoms with Crippen LogP contribution in [0.5, 0.6) is 0 Å². The minimum absolute atomic E-state index is 0.128. The molecule has 0 bridgehead atoms. The summed E-state index contributed by atoms with van der Waals surface area (Å²) in [4.78, 5) is 12.7. The fourth-order valence-electron chi connectivity index (χ4n) is 3.11. The van der Waals surface area contributed by atoms with E-state index >= 15 is 0 Å². The maximum Gasteiger partial charge on any atom is 0.342 e. The summed E-state index contributed by atoms with van der Waals surface area (Å²) in [5.74, 6) is 0.128. The fourth-order valence-corrected chi connectivity index (χ4v) is 3.23. The number of urea groups is 1. The number of benzene rings is 2. The zero-order chi connectivity index (χ0) is 19.9. The van der Waals surface area contributed by atoms with Gasteiger partial charge in [-0.25, -0.2) is 9.80 Å². The zero-order valence-electron chi connectivity index (χ0n) is 15.6. The SMILES string of the molecule is COCCCC1CN(C(=O)Nc2ccc(C#N)cc2)N=C1c1ccc(Cl)cc1. The Kier molecular flexibility index (Phi) is 6.64. The highest BCUT2D eigenvalue weighted by Crippen LogP contribution is 2.25. The van der Waals surface area contributed by atoms with Gasteiger partial charge in [0.15, 0.2) is 0 Å². The molecule has 1 aliphatic rings. The Labute approximate surface area is 169 Å². The van der Waals surface area contributed by atoms with Crippen LogP contribution in [0.1, 0.15) is 24.0 Å². The van der Waals surface area contributed by atoms with Crippen molar-refractivity contribution in [2.75, 3.05) is 25.6 Å². The molecule has 28 heavy (non-hydrogen) atoms. The van der Waals surface area contributed by atoms with Crippen molar-refractivity contribution in [1.82, 2.24) is 5.01 Å². The molecule has 1 atom stereocenters. The van der Waals surface area contributed by atoms with Gasteiger partial charge in [0.1, 0.15) is 0 Å². The van der Waals surface area contributed by atoms with Crippen molar-refractivity contribution >= 4 is 29.0 Å². The number of amides is 2. The summed E-state index contributed by atoms with van der Waals surface area (Å²) >= 11 is 6.00. The molecule has 0 aromatic heterocycles. The van der Waals surface area contributed by atoms with Crippen LogP contribution in [0.3, 0.4) is 0 Å². The van der Waals surface area contributed by atoms with Crippen molar-refractivity contribution < 1.29 is 9.53 Å². The average Bonchev–Trinajstić information content (AvgIpc) is 3.14. The number of anilines is 1. The monoisotopic (exact) mass is 396 g/mol. The van der Waals surface area contributed by atoms with E-state index in [2.05, 4.69) is 16.5 Å². The van der Waals surface area contributed by atoms with Gasteiger partial charge in [-0.3, -0.25) is 0 Å². The smallest absolute Gasteiger partial charge is 0.342 e. The lowest BCUT2D eigenvalue weighted by Gasteiger charge is -2.15. The van der Waals surface area contributed by atoms with Crippen molar-refractivity contribution in [2.24, 2.45) is 11.0 Å². The van der Waals surface area contributed by atoms with Gasteiger partial charge in [-0.2, -0.15) is 10.4 Å². The number of carbonyl (C=O) groups is 1. The molecule has 0 spiro atoms. The van der Waals surface area contributed by atoms with Gasteiger partial charge in [0.2, 0.25) is 0 Å². The minimum atomic E-state index is -0.301. The van der Waals surface area contributed by atoms with E-state index in [0.717, 1.165) is 24.1 Å². The second kappa shape index (κ2) is 9.36. The number of hydrazone groups is 1. The third-order valence-electron chi connectivity index (χ3n) is 4.55. The van der Waals surface area contributed by atoms with Crippen molar-refractivity contribution in [2.45, 2.75) is 12.8 Å². The maximum atomic E-state index is 12.7. The number of hydrogen-bond donors (Lipinski definition) is 1. The summed E-state index contributed by atoms with van der Waals surface area (Å²) in [6.45, 7) is 1.17. The van der Waals surface area contributed by atoms with Gasteiger partial charge in [-0.15, -0.1) is 0 Å². The lowest BCUT2D eigenvalue weighted by molar-refractivity contribution is 0.187. The Morgan fingerprint density at radius 1 is 1.29 bits per heavy atom. The number of nitrogens with zero attached hydrogens (tertiary/aromatic N) is 3. The van der Waals surface area contributed by atoms with Gasteiger partial charge < -0.3 is 10.1 Å². The second-order valence-corrected chi connectivity index (χ2v) is 6.96. The first-order valence-electron chi connectivity index (χ1n) is 9.02. The van der Waals surface area contributed by atoms with Crippen molar-refractivity contribution in [3.05, 3.63) is 64.7 Å². The number of ether oxygens (including phenoxy) is 1. The van der Waals surface area contributed by atoms with E-state index in [-0.39, 0.29) is 11.9 Å². The topological polar surface area (TPSA) is 77.7 Å². The lowest BCUT2D eigenvalue weighted by Crippen LogP contribution is -2.30. The van der Waals surface area contributed by atoms with E-state index in [4.69, 9.17) is 21.6 Å². The zero-order valence-corrected chi connectivity index (χ0v) is 16.3. The summed E-state index contributed by atoms with van der Waals surface area (Å²) in [6, 6.07) is 16.0. The first-order chi connectivity index (χ1) is 13.6. The molecule has 0 saturated heterocycles. The normalized spacial score (nSPS) is 15.8. The van der Waals surface area contributed by atoms with Crippen LogP contribution in [0.4, 0.5) is 10.5 Å². The van der Waals surface area contributed by atoms with E-state index in [9.17, 15) is 4.79 Å². The van der Waals surface area contributed by atoms with Crippen LogP contribution in [0.25, 0.3) is 0 Å². The van der Waals surface area contributed by atoms with Crippen LogP contribution >= 0.6 is 11.6 Å². The lowest BCUT2D eigenvalue weighted by atomic mass is 9.93. The first-order valence-corrected chi connectivity index (χ1v) is 9.40. The molecule has 3 rings (SSSR count). The highest BCUT2D eigenvalue weighted by atomic mass is 35.5. The molecule has 1 unspecified atom stereocenters. The fraction of sp³-hybridized carbons (Fsp3) is 0.286. The van der Waals surface area contributed by atoms with Crippen LogP contribution < -0.4 is 5.32 Å². The van der Waals surface area contributed by atoms with E-state index in [1.165, 1.54) is 5.01 Å².